The number of nitrogens with zero attached hydrogens (tertiary/aromatic N) is 2. The first kappa shape index (κ1) is 20.3. The molecule has 7 nitrogen and oxygen atoms in total. The van der Waals surface area contributed by atoms with Crippen LogP contribution in [0.3, 0.4) is 0 Å². The predicted octanol–water partition coefficient (Wildman–Crippen LogP) is 1.66. The predicted molar refractivity (Wildman–Crippen MR) is 101 cm³/mol. The van der Waals surface area contributed by atoms with Gasteiger partial charge in [0.1, 0.15) is 5.82 Å². The Bertz CT molecular complexity index is 584. The van der Waals surface area contributed by atoms with Crippen molar-refractivity contribution in [1.82, 2.24) is 15.2 Å². The number of carbonyl (C=O) groups is 2. The van der Waals surface area contributed by atoms with Gasteiger partial charge in [0.2, 0.25) is 11.8 Å². The Morgan fingerprint density at radius 2 is 1.96 bits per heavy atom. The van der Waals surface area contributed by atoms with Crippen LogP contribution in [0.25, 0.3) is 0 Å². The first-order chi connectivity index (χ1) is 12.4. The minimum Gasteiger partial charge on any atom is -0.373 e. The second-order valence-electron chi connectivity index (χ2n) is 7.20. The van der Waals surface area contributed by atoms with Crippen molar-refractivity contribution in [3.63, 3.8) is 0 Å². The summed E-state index contributed by atoms with van der Waals surface area (Å²) in [5.74, 6) is 0.487. The molecule has 0 unspecified atom stereocenters. The lowest BCUT2D eigenvalue weighted by atomic mass is 9.99. The maximum Gasteiger partial charge on any atom is 0.237 e. The first-order valence-corrected chi connectivity index (χ1v) is 9.25. The summed E-state index contributed by atoms with van der Waals surface area (Å²) in [5.41, 5.74) is 0. The Labute approximate surface area is 155 Å². The third-order valence-corrected chi connectivity index (χ3v) is 4.33. The number of pyridine rings is 1. The van der Waals surface area contributed by atoms with Crippen LogP contribution in [0.4, 0.5) is 5.82 Å². The molecule has 2 N–H and O–H groups in total. The van der Waals surface area contributed by atoms with Gasteiger partial charge >= 0.3 is 0 Å². The fourth-order valence-corrected chi connectivity index (χ4v) is 3.38. The highest BCUT2D eigenvalue weighted by Crippen LogP contribution is 2.18. The van der Waals surface area contributed by atoms with Gasteiger partial charge in [-0.05, 0) is 31.9 Å². The van der Waals surface area contributed by atoms with E-state index in [-0.39, 0.29) is 42.4 Å². The zero-order valence-electron chi connectivity index (χ0n) is 16.1. The first-order valence-electron chi connectivity index (χ1n) is 9.25. The third kappa shape index (κ3) is 6.07. The normalized spacial score (nSPS) is 22.0. The van der Waals surface area contributed by atoms with E-state index in [4.69, 9.17) is 4.74 Å². The second-order valence-corrected chi connectivity index (χ2v) is 7.20. The van der Waals surface area contributed by atoms with Crippen molar-refractivity contribution in [2.45, 2.75) is 52.4 Å². The summed E-state index contributed by atoms with van der Waals surface area (Å²) < 4.78 is 5.76. The second kappa shape index (κ2) is 9.64. The average Bonchev–Trinajstić information content (AvgIpc) is 2.54. The van der Waals surface area contributed by atoms with Crippen LogP contribution in [0.15, 0.2) is 24.4 Å². The molecule has 1 aromatic heterocycles. The van der Waals surface area contributed by atoms with Gasteiger partial charge in [-0.15, -0.1) is 0 Å². The Morgan fingerprint density at radius 1 is 1.27 bits per heavy atom. The molecular formula is C19H30N4O3. The van der Waals surface area contributed by atoms with E-state index < -0.39 is 0 Å². The molecule has 0 aromatic carbocycles. The number of morpholine rings is 1. The number of aromatic nitrogens is 1. The highest BCUT2D eigenvalue weighted by Gasteiger charge is 2.33. The van der Waals surface area contributed by atoms with E-state index in [2.05, 4.69) is 20.5 Å². The molecule has 1 aromatic rings. The van der Waals surface area contributed by atoms with Gasteiger partial charge in [0.05, 0.1) is 18.2 Å². The van der Waals surface area contributed by atoms with Crippen molar-refractivity contribution in [1.29, 1.82) is 0 Å². The number of anilines is 1. The Balaban J connectivity index is 1.83. The molecule has 2 amide bonds. The van der Waals surface area contributed by atoms with Crippen LogP contribution in [-0.4, -0.2) is 59.6 Å². The molecule has 7 heteroatoms. The molecule has 0 spiro atoms. The summed E-state index contributed by atoms with van der Waals surface area (Å²) in [5, 5.41) is 5.62. The maximum atomic E-state index is 12.7. The molecule has 0 saturated carbocycles. The number of hydrogen-bond donors (Lipinski definition) is 2. The Kier molecular flexibility index (Phi) is 7.53. The molecule has 144 valence electrons. The van der Waals surface area contributed by atoms with Gasteiger partial charge in [-0.25, -0.2) is 4.98 Å². The number of hydrogen-bond acceptors (Lipinski definition) is 5. The average molecular weight is 362 g/mol. The summed E-state index contributed by atoms with van der Waals surface area (Å²) >= 11 is 0. The van der Waals surface area contributed by atoms with Crippen LogP contribution >= 0.6 is 0 Å². The van der Waals surface area contributed by atoms with Gasteiger partial charge < -0.3 is 15.4 Å². The number of carbonyl (C=O) groups excluding carboxylic acids is 2. The highest BCUT2D eigenvalue weighted by molar-refractivity contribution is 5.90. The lowest BCUT2D eigenvalue weighted by Gasteiger charge is -2.41. The molecule has 3 atom stereocenters. The summed E-state index contributed by atoms with van der Waals surface area (Å²) in [6.45, 7) is 9.92. The fraction of sp³-hybridized carbons (Fsp3) is 0.632. The molecule has 1 aliphatic rings. The lowest BCUT2D eigenvalue weighted by Crippen LogP contribution is -2.57. The van der Waals surface area contributed by atoms with E-state index in [0.717, 1.165) is 13.1 Å². The quantitative estimate of drug-likeness (QED) is 0.771. The monoisotopic (exact) mass is 362 g/mol. The summed E-state index contributed by atoms with van der Waals surface area (Å²) in [4.78, 5) is 30.9. The summed E-state index contributed by atoms with van der Waals surface area (Å²) in [6, 6.07) is 5.10. The Morgan fingerprint density at radius 3 is 2.54 bits per heavy atom. The maximum absolute atomic E-state index is 12.7. The molecule has 0 bridgehead atoms. The largest absolute Gasteiger partial charge is 0.373 e. The molecule has 1 saturated heterocycles. The van der Waals surface area contributed by atoms with Crippen molar-refractivity contribution >= 4 is 17.6 Å². The number of ether oxygens (including phenoxy) is 1. The van der Waals surface area contributed by atoms with E-state index in [9.17, 15) is 9.59 Å². The van der Waals surface area contributed by atoms with Gasteiger partial charge in [-0.1, -0.05) is 19.9 Å². The minimum atomic E-state index is -0.220. The van der Waals surface area contributed by atoms with Gasteiger partial charge in [0.15, 0.2) is 0 Å². The zero-order valence-corrected chi connectivity index (χ0v) is 16.1. The van der Waals surface area contributed by atoms with Gasteiger partial charge in [-0.2, -0.15) is 0 Å². The van der Waals surface area contributed by atoms with Crippen molar-refractivity contribution in [3.8, 4) is 0 Å². The van der Waals surface area contributed by atoms with Crippen LogP contribution in [-0.2, 0) is 14.3 Å². The van der Waals surface area contributed by atoms with E-state index in [1.54, 1.807) is 18.3 Å². The van der Waals surface area contributed by atoms with Crippen LogP contribution < -0.4 is 10.6 Å². The molecule has 0 aliphatic carbocycles. The van der Waals surface area contributed by atoms with E-state index in [1.807, 2.05) is 33.8 Å². The van der Waals surface area contributed by atoms with Gasteiger partial charge in [-0.3, -0.25) is 14.5 Å². The van der Waals surface area contributed by atoms with Crippen LogP contribution in [0, 0.1) is 5.92 Å². The smallest absolute Gasteiger partial charge is 0.237 e. The summed E-state index contributed by atoms with van der Waals surface area (Å²) in [6.07, 6.45) is 2.05. The SMILES string of the molecule is CC(C)[C@@H](C(=O)NCCC(=O)Nc1ccccn1)N1C[C@@H](C)O[C@H](C)C1. The third-order valence-electron chi connectivity index (χ3n) is 4.33. The van der Waals surface area contributed by atoms with Crippen molar-refractivity contribution < 1.29 is 14.3 Å². The molecule has 2 heterocycles. The number of nitrogens with one attached hydrogen (secondary N) is 2. The number of rotatable bonds is 7. The standard InChI is InChI=1S/C19H30N4O3/c1-13(2)18(23-11-14(3)26-15(4)12-23)19(25)21-10-8-17(24)22-16-7-5-6-9-20-16/h5-7,9,13-15,18H,8,10-12H2,1-4H3,(H,21,25)(H,20,22,24)/t14-,15-,18+/m1/s1. The molecule has 1 fully saturated rings. The van der Waals surface area contributed by atoms with Crippen molar-refractivity contribution in [3.05, 3.63) is 24.4 Å². The fourth-order valence-electron chi connectivity index (χ4n) is 3.38. The molecule has 0 radical (unpaired) electrons. The van der Waals surface area contributed by atoms with E-state index >= 15 is 0 Å². The summed E-state index contributed by atoms with van der Waals surface area (Å²) in [7, 11) is 0. The zero-order chi connectivity index (χ0) is 19.1. The van der Waals surface area contributed by atoms with Crippen molar-refractivity contribution in [2.24, 2.45) is 5.92 Å². The molecule has 1 aliphatic heterocycles. The minimum absolute atomic E-state index is 0.0352. The van der Waals surface area contributed by atoms with E-state index in [0.29, 0.717) is 12.4 Å². The van der Waals surface area contributed by atoms with E-state index in [1.165, 1.54) is 0 Å². The molecule has 2 rings (SSSR count). The Hall–Kier alpha value is -1.99. The van der Waals surface area contributed by atoms with Crippen LogP contribution in [0.5, 0.6) is 0 Å². The number of amides is 2. The molecular weight excluding hydrogens is 332 g/mol. The van der Waals surface area contributed by atoms with Gasteiger partial charge in [0, 0.05) is 32.3 Å². The topological polar surface area (TPSA) is 83.6 Å². The van der Waals surface area contributed by atoms with Crippen molar-refractivity contribution in [2.75, 3.05) is 25.0 Å². The highest BCUT2D eigenvalue weighted by atomic mass is 16.5. The molecule has 26 heavy (non-hydrogen) atoms. The lowest BCUT2D eigenvalue weighted by molar-refractivity contribution is -0.135. The van der Waals surface area contributed by atoms with Gasteiger partial charge in [0.25, 0.3) is 0 Å². The van der Waals surface area contributed by atoms with Crippen LogP contribution in [0.2, 0.25) is 0 Å². The van der Waals surface area contributed by atoms with Crippen LogP contribution in [0.1, 0.15) is 34.1 Å².